The molecule has 0 saturated heterocycles. The van der Waals surface area contributed by atoms with E-state index in [1.54, 1.807) is 13.2 Å². The van der Waals surface area contributed by atoms with Crippen LogP contribution >= 0.6 is 0 Å². The van der Waals surface area contributed by atoms with E-state index in [1.165, 1.54) is 0 Å². The number of H-pyrrole nitrogens is 1. The monoisotopic (exact) mass is 305 g/mol. The van der Waals surface area contributed by atoms with Crippen LogP contribution in [0.15, 0.2) is 53.5 Å². The van der Waals surface area contributed by atoms with Crippen LogP contribution in [0.4, 0.5) is 0 Å². The van der Waals surface area contributed by atoms with Gasteiger partial charge < -0.3 is 9.30 Å². The minimum Gasteiger partial charge on any atom is -0.380 e. The Hall–Kier alpha value is -2.72. The third-order valence-electron chi connectivity index (χ3n) is 4.36. The minimum atomic E-state index is 0.000687. The minimum absolute atomic E-state index is 0.000687. The van der Waals surface area contributed by atoms with Gasteiger partial charge in [-0.05, 0) is 42.5 Å². The second-order valence-corrected chi connectivity index (χ2v) is 5.79. The number of nitrogens with one attached hydrogen (secondary N) is 1. The van der Waals surface area contributed by atoms with Crippen LogP contribution in [0.1, 0.15) is 5.56 Å². The van der Waals surface area contributed by atoms with Gasteiger partial charge in [0.15, 0.2) is 5.43 Å². The van der Waals surface area contributed by atoms with E-state index in [0.717, 1.165) is 32.7 Å². The van der Waals surface area contributed by atoms with E-state index < -0.39 is 0 Å². The molecule has 0 bridgehead atoms. The van der Waals surface area contributed by atoms with E-state index in [-0.39, 0.29) is 5.43 Å². The summed E-state index contributed by atoms with van der Waals surface area (Å²) in [5.41, 5.74) is 3.70. The average molecular weight is 305 g/mol. The Morgan fingerprint density at radius 3 is 2.70 bits per heavy atom. The third kappa shape index (κ3) is 2.11. The molecule has 0 amide bonds. The zero-order chi connectivity index (χ0) is 16.0. The normalized spacial score (nSPS) is 11.6. The van der Waals surface area contributed by atoms with Crippen molar-refractivity contribution in [2.45, 2.75) is 6.61 Å². The highest BCUT2D eigenvalue weighted by Crippen LogP contribution is 2.24. The van der Waals surface area contributed by atoms with Gasteiger partial charge in [-0.15, -0.1) is 0 Å². The summed E-state index contributed by atoms with van der Waals surface area (Å²) < 4.78 is 7.30. The van der Waals surface area contributed by atoms with Gasteiger partial charge >= 0.3 is 0 Å². The van der Waals surface area contributed by atoms with Gasteiger partial charge in [-0.3, -0.25) is 4.79 Å². The maximum atomic E-state index is 12.2. The Balaban J connectivity index is 2.19. The predicted molar refractivity (Wildman–Crippen MR) is 91.5 cm³/mol. The van der Waals surface area contributed by atoms with Crippen molar-refractivity contribution in [2.75, 3.05) is 7.11 Å². The number of aromatic amines is 1. The summed E-state index contributed by atoms with van der Waals surface area (Å²) >= 11 is 0. The van der Waals surface area contributed by atoms with E-state index in [9.17, 15) is 4.79 Å². The van der Waals surface area contributed by atoms with Crippen molar-refractivity contribution in [2.24, 2.45) is 7.05 Å². The van der Waals surface area contributed by atoms with Crippen molar-refractivity contribution in [1.29, 1.82) is 0 Å². The first kappa shape index (κ1) is 13.9. The molecule has 2 aromatic carbocycles. The van der Waals surface area contributed by atoms with E-state index >= 15 is 0 Å². The van der Waals surface area contributed by atoms with Gasteiger partial charge in [0.1, 0.15) is 0 Å². The number of hydrogen-bond acceptors (Lipinski definition) is 2. The van der Waals surface area contributed by atoms with Crippen molar-refractivity contribution in [3.05, 3.63) is 64.4 Å². The van der Waals surface area contributed by atoms with Crippen LogP contribution in [0.3, 0.4) is 0 Å². The first-order valence-corrected chi connectivity index (χ1v) is 7.54. The first-order valence-electron chi connectivity index (χ1n) is 7.54. The fourth-order valence-corrected chi connectivity index (χ4v) is 3.21. The lowest BCUT2D eigenvalue weighted by Crippen LogP contribution is -2.16. The number of nitrogens with zero attached hydrogens (tertiary/aromatic N) is 1. The second-order valence-electron chi connectivity index (χ2n) is 5.79. The summed E-state index contributed by atoms with van der Waals surface area (Å²) in [7, 11) is 3.63. The number of benzene rings is 2. The second kappa shape index (κ2) is 5.18. The number of pyridine rings is 2. The molecule has 0 spiro atoms. The molecule has 2 aromatic heterocycles. The molecule has 0 unspecified atom stereocenters. The van der Waals surface area contributed by atoms with Crippen molar-refractivity contribution >= 4 is 32.7 Å². The number of fused-ring (bicyclic) bond motifs is 4. The molecule has 1 N–H and O–H groups in total. The lowest BCUT2D eigenvalue weighted by atomic mass is 10.0. The molecule has 0 aliphatic heterocycles. The van der Waals surface area contributed by atoms with E-state index in [0.29, 0.717) is 12.2 Å². The standard InChI is InChI=1S/C19H16N2O2/c1-21-9-3-4-14-16(21)7-5-12-10-13-6-8-17(22)15(11-23-2)19(13)20-18(12)14/h3-10H,11H2,1-2H3/p+1. The highest BCUT2D eigenvalue weighted by Gasteiger charge is 2.16. The van der Waals surface area contributed by atoms with Crippen molar-refractivity contribution in [3.63, 3.8) is 0 Å². The molecule has 0 radical (unpaired) electrons. The highest BCUT2D eigenvalue weighted by molar-refractivity contribution is 6.04. The Labute approximate surface area is 132 Å². The van der Waals surface area contributed by atoms with Crippen molar-refractivity contribution in [1.82, 2.24) is 4.57 Å². The maximum Gasteiger partial charge on any atom is 0.220 e. The molecule has 0 atom stereocenters. The number of aromatic nitrogens is 2. The molecule has 2 heterocycles. The van der Waals surface area contributed by atoms with Crippen molar-refractivity contribution < 1.29 is 9.72 Å². The van der Waals surface area contributed by atoms with Gasteiger partial charge in [0, 0.05) is 31.1 Å². The molecular formula is C19H17N2O2+. The molecule has 4 nitrogen and oxygen atoms in total. The summed E-state index contributed by atoms with van der Waals surface area (Å²) in [5.74, 6) is 0. The lowest BCUT2D eigenvalue weighted by Gasteiger charge is -2.06. The molecule has 114 valence electrons. The third-order valence-corrected chi connectivity index (χ3v) is 4.36. The van der Waals surface area contributed by atoms with Crippen molar-refractivity contribution in [3.8, 4) is 0 Å². The summed E-state index contributed by atoms with van der Waals surface area (Å²) in [4.78, 5) is 15.7. The van der Waals surface area contributed by atoms with Crippen LogP contribution in [-0.4, -0.2) is 11.7 Å². The van der Waals surface area contributed by atoms with Crippen LogP contribution in [0.2, 0.25) is 0 Å². The van der Waals surface area contributed by atoms with Gasteiger partial charge in [0.2, 0.25) is 11.0 Å². The quantitative estimate of drug-likeness (QED) is 0.422. The Morgan fingerprint density at radius 2 is 1.87 bits per heavy atom. The van der Waals surface area contributed by atoms with Gasteiger partial charge in [0.25, 0.3) is 0 Å². The predicted octanol–water partition coefficient (Wildman–Crippen LogP) is 2.81. The topological polar surface area (TPSA) is 45.4 Å². The van der Waals surface area contributed by atoms with E-state index in [1.807, 2.05) is 25.4 Å². The smallest absolute Gasteiger partial charge is 0.220 e. The van der Waals surface area contributed by atoms with Gasteiger partial charge in [-0.25, -0.2) is 4.98 Å². The highest BCUT2D eigenvalue weighted by atomic mass is 16.5. The fourth-order valence-electron chi connectivity index (χ4n) is 3.21. The Bertz CT molecular complexity index is 1110. The summed E-state index contributed by atoms with van der Waals surface area (Å²) in [6, 6.07) is 13.9. The lowest BCUT2D eigenvalue weighted by molar-refractivity contribution is -0.309. The molecule has 23 heavy (non-hydrogen) atoms. The number of rotatable bonds is 2. The molecule has 0 aliphatic rings. The Kier molecular flexibility index (Phi) is 3.13. The number of methoxy groups -OCH3 is 1. The SMILES string of the molecule is COCc1c(=O)ccc2cc3ccc4c(cccn4C)c3[nH+]c12. The van der Waals surface area contributed by atoms with Gasteiger partial charge in [-0.1, -0.05) is 0 Å². The molecule has 0 fully saturated rings. The summed E-state index contributed by atoms with van der Waals surface area (Å²) in [5, 5.41) is 3.27. The fraction of sp³-hybridized carbons (Fsp3) is 0.158. The number of aryl methyl sites for hydroxylation is 1. The maximum absolute atomic E-state index is 12.2. The van der Waals surface area contributed by atoms with Gasteiger partial charge in [-0.2, -0.15) is 0 Å². The van der Waals surface area contributed by atoms with E-state index in [4.69, 9.17) is 4.74 Å². The zero-order valence-corrected chi connectivity index (χ0v) is 13.1. The van der Waals surface area contributed by atoms with E-state index in [2.05, 4.69) is 33.8 Å². The van der Waals surface area contributed by atoms with Crippen LogP contribution in [0.25, 0.3) is 32.7 Å². The molecule has 4 heteroatoms. The molecule has 0 aliphatic carbocycles. The van der Waals surface area contributed by atoms with Crippen LogP contribution < -0.4 is 10.4 Å². The molecular weight excluding hydrogens is 288 g/mol. The van der Waals surface area contributed by atoms with Crippen LogP contribution in [0, 0.1) is 0 Å². The van der Waals surface area contributed by atoms with Crippen LogP contribution in [0.5, 0.6) is 0 Å². The molecule has 4 aromatic rings. The molecule has 0 saturated carbocycles. The zero-order valence-electron chi connectivity index (χ0n) is 13.1. The number of hydrogen-bond donors (Lipinski definition) is 0. The molecule has 4 rings (SSSR count). The number of ether oxygens (including phenoxy) is 1. The first-order chi connectivity index (χ1) is 11.2. The average Bonchev–Trinajstić information content (AvgIpc) is 2.56. The van der Waals surface area contributed by atoms with Gasteiger partial charge in [0.05, 0.1) is 23.1 Å². The Morgan fingerprint density at radius 1 is 1.09 bits per heavy atom. The largest absolute Gasteiger partial charge is 0.380 e. The van der Waals surface area contributed by atoms with Crippen LogP contribution in [-0.2, 0) is 18.4 Å². The summed E-state index contributed by atoms with van der Waals surface area (Å²) in [6.45, 7) is 0.302. The summed E-state index contributed by atoms with van der Waals surface area (Å²) in [6.07, 6.45) is 2.03.